The molecular formula is C13H14N4O5. The van der Waals surface area contributed by atoms with Gasteiger partial charge in [-0.2, -0.15) is 0 Å². The average molecular weight is 306 g/mol. The number of aromatic amines is 2. The fraction of sp³-hybridized carbons (Fsp3) is 0.154. The van der Waals surface area contributed by atoms with Crippen molar-refractivity contribution in [3.05, 3.63) is 45.2 Å². The summed E-state index contributed by atoms with van der Waals surface area (Å²) in [5, 5.41) is 4.84. The van der Waals surface area contributed by atoms with Gasteiger partial charge in [-0.25, -0.2) is 9.59 Å². The van der Waals surface area contributed by atoms with Gasteiger partial charge in [0.15, 0.2) is 0 Å². The summed E-state index contributed by atoms with van der Waals surface area (Å²) >= 11 is 0. The third-order valence-electron chi connectivity index (χ3n) is 2.72. The van der Waals surface area contributed by atoms with Crippen LogP contribution in [0.25, 0.3) is 0 Å². The van der Waals surface area contributed by atoms with Crippen LogP contribution in [0, 0.1) is 0 Å². The largest absolute Gasteiger partial charge is 0.497 e. The lowest BCUT2D eigenvalue weighted by Gasteiger charge is -2.12. The molecule has 0 atom stereocenters. The van der Waals surface area contributed by atoms with E-state index in [1.807, 2.05) is 4.98 Å². The summed E-state index contributed by atoms with van der Waals surface area (Å²) in [5.74, 6) is 0.948. The van der Waals surface area contributed by atoms with Crippen molar-refractivity contribution in [3.63, 3.8) is 0 Å². The van der Waals surface area contributed by atoms with Crippen LogP contribution in [0.5, 0.6) is 11.5 Å². The number of ether oxygens (including phenoxy) is 2. The summed E-state index contributed by atoms with van der Waals surface area (Å²) in [7, 11) is 2.95. The van der Waals surface area contributed by atoms with Gasteiger partial charge < -0.3 is 25.1 Å². The lowest BCUT2D eigenvalue weighted by atomic mass is 10.2. The van der Waals surface area contributed by atoms with Gasteiger partial charge in [-0.05, 0) is 12.1 Å². The number of aromatic nitrogens is 2. The topological polar surface area (TPSA) is 125 Å². The summed E-state index contributed by atoms with van der Waals surface area (Å²) in [6, 6.07) is 4.19. The Labute approximate surface area is 124 Å². The van der Waals surface area contributed by atoms with Crippen LogP contribution in [0.1, 0.15) is 0 Å². The number of anilines is 2. The molecule has 0 aliphatic heterocycles. The van der Waals surface area contributed by atoms with Crippen LogP contribution in [0.4, 0.5) is 16.2 Å². The monoisotopic (exact) mass is 306 g/mol. The lowest BCUT2D eigenvalue weighted by molar-refractivity contribution is 0.262. The number of carbonyl (C=O) groups is 1. The Kier molecular flexibility index (Phi) is 4.47. The van der Waals surface area contributed by atoms with Gasteiger partial charge in [0.05, 0.1) is 19.9 Å². The first-order chi connectivity index (χ1) is 10.5. The van der Waals surface area contributed by atoms with Crippen molar-refractivity contribution in [2.24, 2.45) is 0 Å². The van der Waals surface area contributed by atoms with E-state index < -0.39 is 17.3 Å². The maximum atomic E-state index is 11.9. The predicted molar refractivity (Wildman–Crippen MR) is 79.9 cm³/mol. The first kappa shape index (κ1) is 15.2. The van der Waals surface area contributed by atoms with Crippen LogP contribution in [0.2, 0.25) is 0 Å². The molecule has 2 aromatic rings. The number of amides is 2. The van der Waals surface area contributed by atoms with Crippen LogP contribution in [-0.2, 0) is 0 Å². The van der Waals surface area contributed by atoms with Gasteiger partial charge in [0.1, 0.15) is 17.2 Å². The second-order valence-corrected chi connectivity index (χ2v) is 4.13. The van der Waals surface area contributed by atoms with Gasteiger partial charge in [0, 0.05) is 12.3 Å². The van der Waals surface area contributed by atoms with E-state index in [-0.39, 0.29) is 5.69 Å². The van der Waals surface area contributed by atoms with E-state index in [1.54, 1.807) is 18.2 Å². The molecule has 1 aromatic carbocycles. The van der Waals surface area contributed by atoms with Gasteiger partial charge in [0.25, 0.3) is 5.56 Å². The quantitative estimate of drug-likeness (QED) is 0.662. The Morgan fingerprint density at radius 2 is 1.82 bits per heavy atom. The second kappa shape index (κ2) is 6.48. The molecule has 0 unspecified atom stereocenters. The zero-order chi connectivity index (χ0) is 16.1. The van der Waals surface area contributed by atoms with Gasteiger partial charge in [-0.15, -0.1) is 0 Å². The number of hydrogen-bond donors (Lipinski definition) is 4. The molecule has 9 heteroatoms. The molecule has 0 bridgehead atoms. The molecule has 2 rings (SSSR count). The van der Waals surface area contributed by atoms with Crippen LogP contribution in [0.15, 0.2) is 34.0 Å². The number of H-pyrrole nitrogens is 2. The Morgan fingerprint density at radius 1 is 1.09 bits per heavy atom. The van der Waals surface area contributed by atoms with E-state index in [9.17, 15) is 14.4 Å². The van der Waals surface area contributed by atoms with Crippen LogP contribution >= 0.6 is 0 Å². The SMILES string of the molecule is COc1ccc(OC)c(NC(=O)Nc2c[nH]c(=O)[nH]c2=O)c1. The molecule has 9 nitrogen and oxygen atoms in total. The van der Waals surface area contributed by atoms with Gasteiger partial charge in [-0.3, -0.25) is 9.78 Å². The van der Waals surface area contributed by atoms with E-state index in [4.69, 9.17) is 9.47 Å². The summed E-state index contributed by atoms with van der Waals surface area (Å²) in [6.07, 6.45) is 1.10. The number of urea groups is 1. The highest BCUT2D eigenvalue weighted by Crippen LogP contribution is 2.28. The third kappa shape index (κ3) is 3.45. The van der Waals surface area contributed by atoms with Crippen molar-refractivity contribution in [1.82, 2.24) is 9.97 Å². The fourth-order valence-corrected chi connectivity index (χ4v) is 1.69. The molecule has 0 radical (unpaired) electrons. The molecule has 116 valence electrons. The average Bonchev–Trinajstić information content (AvgIpc) is 2.50. The molecule has 4 N–H and O–H groups in total. The minimum atomic E-state index is -0.712. The van der Waals surface area contributed by atoms with Gasteiger partial charge >= 0.3 is 11.7 Å². The molecule has 0 saturated carbocycles. The molecule has 0 spiro atoms. The molecule has 1 aromatic heterocycles. The first-order valence-electron chi connectivity index (χ1n) is 6.15. The third-order valence-corrected chi connectivity index (χ3v) is 2.72. The zero-order valence-electron chi connectivity index (χ0n) is 11.9. The Hall–Kier alpha value is -3.23. The molecule has 0 fully saturated rings. The number of carbonyl (C=O) groups excluding carboxylic acids is 1. The Balaban J connectivity index is 2.18. The number of benzene rings is 1. The van der Waals surface area contributed by atoms with Crippen molar-refractivity contribution < 1.29 is 14.3 Å². The first-order valence-corrected chi connectivity index (χ1v) is 6.15. The molecule has 22 heavy (non-hydrogen) atoms. The second-order valence-electron chi connectivity index (χ2n) is 4.13. The molecule has 0 aliphatic rings. The number of rotatable bonds is 4. The van der Waals surface area contributed by atoms with Crippen LogP contribution < -0.4 is 31.4 Å². The van der Waals surface area contributed by atoms with Crippen molar-refractivity contribution in [2.45, 2.75) is 0 Å². The number of hydrogen-bond acceptors (Lipinski definition) is 5. The normalized spacial score (nSPS) is 9.91. The van der Waals surface area contributed by atoms with Crippen molar-refractivity contribution >= 4 is 17.4 Å². The highest BCUT2D eigenvalue weighted by Gasteiger charge is 2.10. The maximum absolute atomic E-state index is 11.9. The predicted octanol–water partition coefficient (Wildman–Crippen LogP) is 0.724. The van der Waals surface area contributed by atoms with Crippen LogP contribution in [0.3, 0.4) is 0 Å². The molecule has 2 amide bonds. The summed E-state index contributed by atoms with van der Waals surface area (Å²) < 4.78 is 10.2. The maximum Gasteiger partial charge on any atom is 0.325 e. The molecule has 0 saturated heterocycles. The highest BCUT2D eigenvalue weighted by atomic mass is 16.5. The summed E-state index contributed by atoms with van der Waals surface area (Å²) in [6.45, 7) is 0. The number of nitrogens with one attached hydrogen (secondary N) is 4. The Bertz CT molecular complexity index is 796. The van der Waals surface area contributed by atoms with Crippen LogP contribution in [-0.4, -0.2) is 30.2 Å². The minimum absolute atomic E-state index is 0.0982. The number of methoxy groups -OCH3 is 2. The van der Waals surface area contributed by atoms with E-state index in [2.05, 4.69) is 15.6 Å². The highest BCUT2D eigenvalue weighted by molar-refractivity contribution is 6.00. The zero-order valence-corrected chi connectivity index (χ0v) is 11.9. The summed E-state index contributed by atoms with van der Waals surface area (Å²) in [5.41, 5.74) is -1.11. The molecule has 0 aliphatic carbocycles. The van der Waals surface area contributed by atoms with E-state index >= 15 is 0 Å². The van der Waals surface area contributed by atoms with E-state index in [0.29, 0.717) is 17.2 Å². The Morgan fingerprint density at radius 3 is 2.45 bits per heavy atom. The van der Waals surface area contributed by atoms with Gasteiger partial charge in [-0.1, -0.05) is 0 Å². The molecular weight excluding hydrogens is 292 g/mol. The van der Waals surface area contributed by atoms with Gasteiger partial charge in [0.2, 0.25) is 0 Å². The summed E-state index contributed by atoms with van der Waals surface area (Å²) in [4.78, 5) is 38.6. The minimum Gasteiger partial charge on any atom is -0.497 e. The molecule has 1 heterocycles. The lowest BCUT2D eigenvalue weighted by Crippen LogP contribution is -2.28. The standard InChI is InChI=1S/C13H14N4O5/c1-21-7-3-4-10(22-2)8(5-7)15-13(20)16-9-6-14-12(19)17-11(9)18/h3-6H,1-2H3,(H2,15,16,20)(H2,14,17,18,19). The van der Waals surface area contributed by atoms with Crippen molar-refractivity contribution in [3.8, 4) is 11.5 Å². The smallest absolute Gasteiger partial charge is 0.325 e. The van der Waals surface area contributed by atoms with E-state index in [0.717, 1.165) is 6.20 Å². The van der Waals surface area contributed by atoms with Crippen molar-refractivity contribution in [2.75, 3.05) is 24.9 Å². The fourth-order valence-electron chi connectivity index (χ4n) is 1.69. The van der Waals surface area contributed by atoms with E-state index in [1.165, 1.54) is 14.2 Å². The van der Waals surface area contributed by atoms with Crippen molar-refractivity contribution in [1.29, 1.82) is 0 Å².